The van der Waals surface area contributed by atoms with Gasteiger partial charge in [0.25, 0.3) is 0 Å². The van der Waals surface area contributed by atoms with Gasteiger partial charge in [0.2, 0.25) is 5.13 Å². The van der Waals surface area contributed by atoms with Crippen molar-refractivity contribution in [3.8, 4) is 0 Å². The highest BCUT2D eigenvalue weighted by molar-refractivity contribution is 7.15. The lowest BCUT2D eigenvalue weighted by Gasteiger charge is -1.93. The van der Waals surface area contributed by atoms with Crippen LogP contribution in [0.5, 0.6) is 0 Å². The molecular weight excluding hydrogens is 166 g/mol. The third-order valence-electron chi connectivity index (χ3n) is 0.917. The van der Waals surface area contributed by atoms with Crippen molar-refractivity contribution in [2.24, 2.45) is 0 Å². The molecule has 0 bridgehead atoms. The molecule has 0 spiro atoms. The van der Waals surface area contributed by atoms with Gasteiger partial charge in [-0.05, 0) is 6.92 Å². The van der Waals surface area contributed by atoms with Crippen molar-refractivity contribution in [1.82, 2.24) is 10.2 Å². The van der Waals surface area contributed by atoms with Gasteiger partial charge in [0, 0.05) is 0 Å². The Hall–Kier alpha value is -1.17. The molecule has 2 N–H and O–H groups in total. The summed E-state index contributed by atoms with van der Waals surface area (Å²) in [5.41, 5.74) is 0. The Balaban J connectivity index is 2.45. The highest BCUT2D eigenvalue weighted by Crippen LogP contribution is 2.12. The molecule has 0 fully saturated rings. The van der Waals surface area contributed by atoms with Gasteiger partial charge in [0.05, 0.1) is 0 Å². The summed E-state index contributed by atoms with van der Waals surface area (Å²) in [6.07, 6.45) is 0. The van der Waals surface area contributed by atoms with Crippen molar-refractivity contribution in [2.45, 2.75) is 6.92 Å². The van der Waals surface area contributed by atoms with Crippen LogP contribution in [0.3, 0.4) is 0 Å². The van der Waals surface area contributed by atoms with E-state index in [2.05, 4.69) is 15.5 Å². The number of hydrogen-bond acceptors (Lipinski definition) is 5. The number of nitrogens with one attached hydrogen (secondary N) is 1. The van der Waals surface area contributed by atoms with Gasteiger partial charge in [0.1, 0.15) is 11.6 Å². The predicted octanol–water partition coefficient (Wildman–Crippen LogP) is 0.343. The normalized spacial score (nSPS) is 9.55. The molecule has 0 saturated heterocycles. The summed E-state index contributed by atoms with van der Waals surface area (Å²) < 4.78 is 0. The molecule has 0 aromatic carbocycles. The maximum Gasteiger partial charge on any atom is 0.322 e. The Morgan fingerprint density at radius 1 is 1.73 bits per heavy atom. The maximum absolute atomic E-state index is 10.1. The van der Waals surface area contributed by atoms with E-state index in [4.69, 9.17) is 5.11 Å². The molecule has 0 aliphatic carbocycles. The van der Waals surface area contributed by atoms with Crippen molar-refractivity contribution in [2.75, 3.05) is 11.9 Å². The predicted molar refractivity (Wildman–Crippen MR) is 40.8 cm³/mol. The first-order chi connectivity index (χ1) is 5.18. The van der Waals surface area contributed by atoms with Gasteiger partial charge in [-0.25, -0.2) is 0 Å². The molecule has 11 heavy (non-hydrogen) atoms. The average molecular weight is 173 g/mol. The number of carboxylic acids is 1. The number of aliphatic carboxylic acids is 1. The van der Waals surface area contributed by atoms with Crippen LogP contribution in [0.15, 0.2) is 0 Å². The van der Waals surface area contributed by atoms with E-state index in [1.807, 2.05) is 6.92 Å². The van der Waals surface area contributed by atoms with Crippen LogP contribution in [0.4, 0.5) is 5.13 Å². The number of nitrogens with zero attached hydrogens (tertiary/aromatic N) is 2. The molecule has 0 unspecified atom stereocenters. The van der Waals surface area contributed by atoms with Crippen LogP contribution in [0.25, 0.3) is 0 Å². The minimum atomic E-state index is -0.905. The molecule has 1 aromatic rings. The monoisotopic (exact) mass is 173 g/mol. The number of carbonyl (C=O) groups is 1. The van der Waals surface area contributed by atoms with Crippen molar-refractivity contribution in [3.63, 3.8) is 0 Å². The summed E-state index contributed by atoms with van der Waals surface area (Å²) in [5.74, 6) is -0.905. The van der Waals surface area contributed by atoms with E-state index in [-0.39, 0.29) is 6.54 Å². The molecule has 0 aliphatic rings. The SMILES string of the molecule is Cc1nnc(NCC(=O)O)s1. The number of carboxylic acid groups (broad SMARTS) is 1. The molecule has 0 atom stereocenters. The summed E-state index contributed by atoms with van der Waals surface area (Å²) in [5, 5.41) is 19.6. The van der Waals surface area contributed by atoms with Gasteiger partial charge in [-0.2, -0.15) is 0 Å². The Labute approximate surface area is 67.1 Å². The fourth-order valence-electron chi connectivity index (χ4n) is 0.519. The van der Waals surface area contributed by atoms with Gasteiger partial charge < -0.3 is 10.4 Å². The highest BCUT2D eigenvalue weighted by atomic mass is 32.1. The molecule has 5 nitrogen and oxygen atoms in total. The summed E-state index contributed by atoms with van der Waals surface area (Å²) >= 11 is 1.33. The van der Waals surface area contributed by atoms with Crippen LogP contribution in [0.2, 0.25) is 0 Å². The van der Waals surface area contributed by atoms with Gasteiger partial charge >= 0.3 is 5.97 Å². The quantitative estimate of drug-likeness (QED) is 0.689. The molecular formula is C5H7N3O2S. The minimum absolute atomic E-state index is 0.116. The van der Waals surface area contributed by atoms with Crippen LogP contribution in [0.1, 0.15) is 5.01 Å². The Kier molecular flexibility index (Phi) is 2.37. The Morgan fingerprint density at radius 3 is 2.91 bits per heavy atom. The van der Waals surface area contributed by atoms with E-state index >= 15 is 0 Å². The zero-order valence-corrected chi connectivity index (χ0v) is 6.68. The molecule has 1 heterocycles. The molecule has 1 rings (SSSR count). The van der Waals surface area contributed by atoms with Crippen molar-refractivity contribution in [3.05, 3.63) is 5.01 Å². The van der Waals surface area contributed by atoms with Crippen LogP contribution < -0.4 is 5.32 Å². The maximum atomic E-state index is 10.1. The number of aromatic nitrogens is 2. The van der Waals surface area contributed by atoms with E-state index in [0.29, 0.717) is 5.13 Å². The molecule has 0 aliphatic heterocycles. The number of hydrogen-bond donors (Lipinski definition) is 2. The van der Waals surface area contributed by atoms with Crippen LogP contribution >= 0.6 is 11.3 Å². The fraction of sp³-hybridized carbons (Fsp3) is 0.400. The number of rotatable bonds is 3. The average Bonchev–Trinajstić information content (AvgIpc) is 2.31. The molecule has 60 valence electrons. The van der Waals surface area contributed by atoms with E-state index in [0.717, 1.165) is 5.01 Å². The summed E-state index contributed by atoms with van der Waals surface area (Å²) in [7, 11) is 0. The topological polar surface area (TPSA) is 75.1 Å². The van der Waals surface area contributed by atoms with Gasteiger partial charge in [0.15, 0.2) is 0 Å². The van der Waals surface area contributed by atoms with Crippen LogP contribution in [-0.2, 0) is 4.79 Å². The van der Waals surface area contributed by atoms with E-state index in [1.54, 1.807) is 0 Å². The third-order valence-corrected chi connectivity index (χ3v) is 1.71. The van der Waals surface area contributed by atoms with Crippen LogP contribution in [-0.4, -0.2) is 27.8 Å². The smallest absolute Gasteiger partial charge is 0.322 e. The highest BCUT2D eigenvalue weighted by Gasteiger charge is 2.00. The second kappa shape index (κ2) is 3.29. The first-order valence-corrected chi connectivity index (χ1v) is 3.76. The van der Waals surface area contributed by atoms with Crippen LogP contribution in [0, 0.1) is 6.92 Å². The first-order valence-electron chi connectivity index (χ1n) is 2.94. The number of anilines is 1. The van der Waals surface area contributed by atoms with E-state index in [1.165, 1.54) is 11.3 Å². The lowest BCUT2D eigenvalue weighted by Crippen LogP contribution is -2.11. The van der Waals surface area contributed by atoms with Gasteiger partial charge in [-0.15, -0.1) is 10.2 Å². The second-order valence-corrected chi connectivity index (χ2v) is 3.06. The van der Waals surface area contributed by atoms with Crippen molar-refractivity contribution >= 4 is 22.4 Å². The summed E-state index contributed by atoms with van der Waals surface area (Å²) in [6, 6.07) is 0. The lowest BCUT2D eigenvalue weighted by atomic mass is 10.7. The third kappa shape index (κ3) is 2.50. The van der Waals surface area contributed by atoms with Gasteiger partial charge in [-0.1, -0.05) is 11.3 Å². The zero-order valence-electron chi connectivity index (χ0n) is 5.87. The number of aryl methyl sites for hydroxylation is 1. The molecule has 0 amide bonds. The van der Waals surface area contributed by atoms with E-state index < -0.39 is 5.97 Å². The standard InChI is InChI=1S/C5H7N3O2S/c1-3-7-8-5(11-3)6-2-4(9)10/h2H2,1H3,(H,6,8)(H,9,10). The minimum Gasteiger partial charge on any atom is -0.480 e. The Bertz CT molecular complexity index is 260. The largest absolute Gasteiger partial charge is 0.480 e. The molecule has 6 heteroatoms. The van der Waals surface area contributed by atoms with Crippen molar-refractivity contribution in [1.29, 1.82) is 0 Å². The first kappa shape index (κ1) is 7.93. The molecule has 1 aromatic heterocycles. The lowest BCUT2D eigenvalue weighted by molar-refractivity contribution is -0.134. The van der Waals surface area contributed by atoms with Gasteiger partial charge in [-0.3, -0.25) is 4.79 Å². The zero-order chi connectivity index (χ0) is 8.27. The van der Waals surface area contributed by atoms with E-state index in [9.17, 15) is 4.79 Å². The Morgan fingerprint density at radius 2 is 2.45 bits per heavy atom. The van der Waals surface area contributed by atoms with Crippen molar-refractivity contribution < 1.29 is 9.90 Å². The fourth-order valence-corrected chi connectivity index (χ4v) is 1.11. The summed E-state index contributed by atoms with van der Waals surface area (Å²) in [6.45, 7) is 1.69. The second-order valence-electron chi connectivity index (χ2n) is 1.87. The summed E-state index contributed by atoms with van der Waals surface area (Å²) in [4.78, 5) is 10.1. The molecule has 0 radical (unpaired) electrons. The molecule has 0 saturated carbocycles.